The molecule has 1 aliphatic heterocycles. The first-order valence-corrected chi connectivity index (χ1v) is 6.36. The first-order valence-electron chi connectivity index (χ1n) is 6.36. The van der Waals surface area contributed by atoms with Gasteiger partial charge in [-0.05, 0) is 18.9 Å². The van der Waals surface area contributed by atoms with Crippen LogP contribution in [0.25, 0.3) is 0 Å². The summed E-state index contributed by atoms with van der Waals surface area (Å²) >= 11 is 0. The van der Waals surface area contributed by atoms with Gasteiger partial charge in [0.25, 0.3) is 0 Å². The SMILES string of the molecule is C=C/C=C(COC)\C(F)=C(/C)C1C=NC(N)=C(F)CC1. The Kier molecular flexibility index (Phi) is 6.31. The maximum Gasteiger partial charge on any atom is 0.154 e. The summed E-state index contributed by atoms with van der Waals surface area (Å²) < 4.78 is 32.8. The van der Waals surface area contributed by atoms with Gasteiger partial charge in [0, 0.05) is 31.2 Å². The molecule has 0 aromatic heterocycles. The number of nitrogens with two attached hydrogens (primary N) is 1. The summed E-state index contributed by atoms with van der Waals surface area (Å²) in [4.78, 5) is 3.83. The van der Waals surface area contributed by atoms with Gasteiger partial charge in [0.2, 0.25) is 0 Å². The van der Waals surface area contributed by atoms with E-state index in [1.165, 1.54) is 19.4 Å². The second kappa shape index (κ2) is 7.75. The largest absolute Gasteiger partial charge is 0.382 e. The van der Waals surface area contributed by atoms with Crippen LogP contribution in [-0.2, 0) is 4.74 Å². The van der Waals surface area contributed by atoms with Crippen LogP contribution in [0, 0.1) is 5.92 Å². The van der Waals surface area contributed by atoms with E-state index >= 15 is 0 Å². The predicted molar refractivity (Wildman–Crippen MR) is 77.5 cm³/mol. The quantitative estimate of drug-likeness (QED) is 0.784. The first-order chi connectivity index (χ1) is 9.51. The average molecular weight is 282 g/mol. The molecule has 0 saturated heterocycles. The normalized spacial score (nSPS) is 21.6. The van der Waals surface area contributed by atoms with E-state index in [1.54, 1.807) is 13.0 Å². The van der Waals surface area contributed by atoms with E-state index in [0.717, 1.165) is 0 Å². The fourth-order valence-corrected chi connectivity index (χ4v) is 1.95. The van der Waals surface area contributed by atoms with Gasteiger partial charge in [-0.2, -0.15) is 0 Å². The third kappa shape index (κ3) is 4.13. The lowest BCUT2D eigenvalue weighted by molar-refractivity contribution is 0.224. The van der Waals surface area contributed by atoms with Crippen LogP contribution >= 0.6 is 0 Å². The maximum absolute atomic E-state index is 14.4. The Morgan fingerprint density at radius 3 is 2.95 bits per heavy atom. The Morgan fingerprint density at radius 1 is 1.65 bits per heavy atom. The Hall–Kier alpha value is -1.75. The second-order valence-corrected chi connectivity index (χ2v) is 4.57. The minimum atomic E-state index is -0.448. The average Bonchev–Trinajstić information content (AvgIpc) is 2.60. The Labute approximate surface area is 118 Å². The standard InChI is InChI=1S/C15H20F2N2O/c1-4-5-12(9-20-3)14(17)10(2)11-6-7-13(16)15(18)19-8-11/h4-5,8,11H,1,6-7,9,18H2,2-3H3/b12-5-,14-10-. The molecule has 5 heteroatoms. The smallest absolute Gasteiger partial charge is 0.154 e. The van der Waals surface area contributed by atoms with Gasteiger partial charge in [-0.15, -0.1) is 0 Å². The zero-order valence-electron chi connectivity index (χ0n) is 11.8. The van der Waals surface area contributed by atoms with E-state index in [0.29, 0.717) is 17.6 Å². The second-order valence-electron chi connectivity index (χ2n) is 4.57. The maximum atomic E-state index is 14.4. The molecular formula is C15H20F2N2O. The van der Waals surface area contributed by atoms with Crippen molar-refractivity contribution < 1.29 is 13.5 Å². The number of nitrogens with zero attached hydrogens (tertiary/aromatic N) is 1. The van der Waals surface area contributed by atoms with Crippen LogP contribution in [-0.4, -0.2) is 19.9 Å². The van der Waals surface area contributed by atoms with Crippen molar-refractivity contribution in [3.05, 3.63) is 47.4 Å². The molecule has 3 nitrogen and oxygen atoms in total. The lowest BCUT2D eigenvalue weighted by Crippen LogP contribution is -2.07. The summed E-state index contributed by atoms with van der Waals surface area (Å²) in [7, 11) is 1.49. The number of allylic oxidation sites excluding steroid dienone is 4. The molecule has 2 N–H and O–H groups in total. The Morgan fingerprint density at radius 2 is 2.35 bits per heavy atom. The predicted octanol–water partition coefficient (Wildman–Crippen LogP) is 3.57. The van der Waals surface area contributed by atoms with E-state index < -0.39 is 5.83 Å². The number of halogens is 2. The zero-order valence-corrected chi connectivity index (χ0v) is 11.8. The van der Waals surface area contributed by atoms with Crippen LogP contribution in [0.2, 0.25) is 0 Å². The number of methoxy groups -OCH3 is 1. The van der Waals surface area contributed by atoms with E-state index in [-0.39, 0.29) is 30.6 Å². The minimum absolute atomic E-state index is 0.126. The van der Waals surface area contributed by atoms with E-state index in [4.69, 9.17) is 10.5 Å². The third-order valence-corrected chi connectivity index (χ3v) is 3.15. The topological polar surface area (TPSA) is 47.6 Å². The van der Waals surface area contributed by atoms with Crippen molar-refractivity contribution in [2.75, 3.05) is 13.7 Å². The number of ether oxygens (including phenoxy) is 1. The lowest BCUT2D eigenvalue weighted by Gasteiger charge is -2.14. The van der Waals surface area contributed by atoms with Crippen LogP contribution < -0.4 is 5.73 Å². The molecule has 0 aromatic rings. The van der Waals surface area contributed by atoms with Crippen molar-refractivity contribution in [1.29, 1.82) is 0 Å². The van der Waals surface area contributed by atoms with Crippen molar-refractivity contribution >= 4 is 6.21 Å². The van der Waals surface area contributed by atoms with Gasteiger partial charge in [0.15, 0.2) is 5.82 Å². The van der Waals surface area contributed by atoms with Crippen molar-refractivity contribution in [3.8, 4) is 0 Å². The molecule has 0 spiro atoms. The van der Waals surface area contributed by atoms with Crippen LogP contribution in [0.15, 0.2) is 52.3 Å². The van der Waals surface area contributed by atoms with E-state index in [9.17, 15) is 8.78 Å². The van der Waals surface area contributed by atoms with Crippen molar-refractivity contribution in [3.63, 3.8) is 0 Å². The molecule has 0 aliphatic carbocycles. The summed E-state index contributed by atoms with van der Waals surface area (Å²) in [5.41, 5.74) is 6.31. The van der Waals surface area contributed by atoms with Crippen molar-refractivity contribution in [2.45, 2.75) is 19.8 Å². The summed E-state index contributed by atoms with van der Waals surface area (Å²) in [5.74, 6) is -1.23. The van der Waals surface area contributed by atoms with Crippen LogP contribution in [0.5, 0.6) is 0 Å². The molecule has 1 heterocycles. The molecule has 110 valence electrons. The van der Waals surface area contributed by atoms with Crippen LogP contribution in [0.4, 0.5) is 8.78 Å². The van der Waals surface area contributed by atoms with E-state index in [1.807, 2.05) is 0 Å². The molecule has 0 saturated carbocycles. The van der Waals surface area contributed by atoms with Crippen molar-refractivity contribution in [2.24, 2.45) is 16.6 Å². The van der Waals surface area contributed by atoms with Gasteiger partial charge >= 0.3 is 0 Å². The summed E-state index contributed by atoms with van der Waals surface area (Å²) in [6, 6.07) is 0. The highest BCUT2D eigenvalue weighted by Crippen LogP contribution is 2.28. The fourth-order valence-electron chi connectivity index (χ4n) is 1.95. The van der Waals surface area contributed by atoms with Crippen LogP contribution in [0.3, 0.4) is 0 Å². The van der Waals surface area contributed by atoms with Gasteiger partial charge in [-0.25, -0.2) is 13.8 Å². The lowest BCUT2D eigenvalue weighted by atomic mass is 9.94. The third-order valence-electron chi connectivity index (χ3n) is 3.15. The highest BCUT2D eigenvalue weighted by atomic mass is 19.1. The molecule has 0 fully saturated rings. The molecule has 0 bridgehead atoms. The zero-order chi connectivity index (χ0) is 15.1. The molecule has 1 aliphatic rings. The molecule has 20 heavy (non-hydrogen) atoms. The number of aliphatic imine (C=N–C) groups is 1. The minimum Gasteiger partial charge on any atom is -0.382 e. The van der Waals surface area contributed by atoms with Gasteiger partial charge in [0.05, 0.1) is 6.61 Å². The molecule has 1 unspecified atom stereocenters. The highest BCUT2D eigenvalue weighted by molar-refractivity contribution is 5.67. The van der Waals surface area contributed by atoms with Gasteiger partial charge in [0.1, 0.15) is 11.7 Å². The van der Waals surface area contributed by atoms with Gasteiger partial charge in [-0.3, -0.25) is 0 Å². The van der Waals surface area contributed by atoms with Gasteiger partial charge < -0.3 is 10.5 Å². The summed E-state index contributed by atoms with van der Waals surface area (Å²) in [6.07, 6.45) is 5.15. The number of hydrogen-bond donors (Lipinski definition) is 1. The molecule has 0 amide bonds. The molecular weight excluding hydrogens is 262 g/mol. The molecule has 0 aromatic carbocycles. The monoisotopic (exact) mass is 282 g/mol. The molecule has 1 rings (SSSR count). The number of rotatable bonds is 5. The summed E-state index contributed by atoms with van der Waals surface area (Å²) in [5, 5.41) is 0. The number of hydrogen-bond acceptors (Lipinski definition) is 3. The molecule has 0 radical (unpaired) electrons. The Balaban J connectivity index is 3.00. The first kappa shape index (κ1) is 16.3. The Bertz CT molecular complexity index is 490. The van der Waals surface area contributed by atoms with Crippen molar-refractivity contribution in [1.82, 2.24) is 0 Å². The highest BCUT2D eigenvalue weighted by Gasteiger charge is 2.19. The van der Waals surface area contributed by atoms with E-state index in [2.05, 4.69) is 11.6 Å². The summed E-state index contributed by atoms with van der Waals surface area (Å²) in [6.45, 7) is 5.36. The van der Waals surface area contributed by atoms with Gasteiger partial charge in [-0.1, -0.05) is 18.7 Å². The fraction of sp³-hybridized carbons (Fsp3) is 0.400. The van der Waals surface area contributed by atoms with Crippen LogP contribution in [0.1, 0.15) is 19.8 Å². The molecule has 1 atom stereocenters.